The smallest absolute Gasteiger partial charge is 0.314 e. The second-order valence-corrected chi connectivity index (χ2v) is 4.02. The lowest BCUT2D eigenvalue weighted by atomic mass is 9.96. The van der Waals surface area contributed by atoms with Crippen molar-refractivity contribution >= 4 is 16.7 Å². The molecule has 0 aliphatic carbocycles. The molecular weight excluding hydrogens is 228 g/mol. The normalized spacial score (nSPS) is 12.1. The largest absolute Gasteiger partial charge is 0.497 e. The van der Waals surface area contributed by atoms with E-state index in [-0.39, 0.29) is 0 Å². The van der Waals surface area contributed by atoms with E-state index >= 15 is 0 Å². The van der Waals surface area contributed by atoms with Crippen molar-refractivity contribution in [2.24, 2.45) is 0 Å². The highest BCUT2D eigenvalue weighted by molar-refractivity contribution is 5.87. The van der Waals surface area contributed by atoms with Crippen LogP contribution >= 0.6 is 0 Å². The summed E-state index contributed by atoms with van der Waals surface area (Å²) in [4.78, 5) is 11.1. The summed E-state index contributed by atoms with van der Waals surface area (Å²) in [6, 6.07) is 11.3. The van der Waals surface area contributed by atoms with E-state index in [9.17, 15) is 4.79 Å². The molecule has 0 aromatic heterocycles. The first-order valence-corrected chi connectivity index (χ1v) is 5.59. The van der Waals surface area contributed by atoms with Gasteiger partial charge in [0.1, 0.15) is 5.75 Å². The predicted octanol–water partition coefficient (Wildman–Crippen LogP) is 3.20. The van der Waals surface area contributed by atoms with Crippen LogP contribution in [0.3, 0.4) is 0 Å². The third-order valence-corrected chi connectivity index (χ3v) is 2.93. The second-order valence-electron chi connectivity index (χ2n) is 4.02. The first kappa shape index (κ1) is 12.2. The van der Waals surface area contributed by atoms with Crippen LogP contribution in [0.2, 0.25) is 0 Å². The average Bonchev–Trinajstić information content (AvgIpc) is 2.38. The third kappa shape index (κ3) is 2.20. The number of hydrogen-bond donors (Lipinski definition) is 1. The summed E-state index contributed by atoms with van der Waals surface area (Å²) in [6.45, 7) is 3.57. The number of benzene rings is 2. The molecule has 0 saturated carbocycles. The molecule has 0 unspecified atom stereocenters. The zero-order chi connectivity index (χ0) is 13.1. The van der Waals surface area contributed by atoms with Crippen LogP contribution in [-0.2, 0) is 4.79 Å². The molecule has 3 heteroatoms. The summed E-state index contributed by atoms with van der Waals surface area (Å²) < 4.78 is 5.15. The number of methoxy groups -OCH3 is 1. The number of carbonyl (C=O) groups is 1. The van der Waals surface area contributed by atoms with Gasteiger partial charge in [-0.1, -0.05) is 24.3 Å². The van der Waals surface area contributed by atoms with Gasteiger partial charge in [-0.15, -0.1) is 6.58 Å². The number of carboxylic acids is 1. The Morgan fingerprint density at radius 1 is 1.28 bits per heavy atom. The Morgan fingerprint density at radius 3 is 2.56 bits per heavy atom. The van der Waals surface area contributed by atoms with Crippen molar-refractivity contribution in [3.05, 3.63) is 54.6 Å². The molecule has 1 atom stereocenters. The zero-order valence-corrected chi connectivity index (χ0v) is 10.1. The Balaban J connectivity index is 2.50. The van der Waals surface area contributed by atoms with Gasteiger partial charge in [-0.2, -0.15) is 0 Å². The van der Waals surface area contributed by atoms with Crippen LogP contribution in [0, 0.1) is 0 Å². The van der Waals surface area contributed by atoms with Crippen molar-refractivity contribution in [1.82, 2.24) is 0 Å². The van der Waals surface area contributed by atoms with Gasteiger partial charge in [-0.25, -0.2) is 0 Å². The quantitative estimate of drug-likeness (QED) is 0.837. The van der Waals surface area contributed by atoms with E-state index in [1.807, 2.05) is 36.4 Å². The number of ether oxygens (including phenoxy) is 1. The Kier molecular flexibility index (Phi) is 3.33. The SMILES string of the molecule is C=C[C@@H](C(=O)O)c1ccc2cc(OC)ccc2c1. The summed E-state index contributed by atoms with van der Waals surface area (Å²) in [5.41, 5.74) is 0.732. The Hall–Kier alpha value is -2.29. The molecule has 0 bridgehead atoms. The van der Waals surface area contributed by atoms with Crippen molar-refractivity contribution in [1.29, 1.82) is 0 Å². The number of rotatable bonds is 4. The van der Waals surface area contributed by atoms with E-state index in [1.165, 1.54) is 6.08 Å². The lowest BCUT2D eigenvalue weighted by Crippen LogP contribution is -2.08. The van der Waals surface area contributed by atoms with Crippen LogP contribution in [0.15, 0.2) is 49.1 Å². The highest BCUT2D eigenvalue weighted by Crippen LogP contribution is 2.25. The maximum absolute atomic E-state index is 11.1. The van der Waals surface area contributed by atoms with E-state index < -0.39 is 11.9 Å². The van der Waals surface area contributed by atoms with Gasteiger partial charge in [-0.05, 0) is 34.5 Å². The van der Waals surface area contributed by atoms with Gasteiger partial charge in [0.25, 0.3) is 0 Å². The van der Waals surface area contributed by atoms with E-state index in [0.717, 1.165) is 22.1 Å². The first-order chi connectivity index (χ1) is 8.65. The maximum Gasteiger partial charge on any atom is 0.314 e. The van der Waals surface area contributed by atoms with Crippen molar-refractivity contribution < 1.29 is 14.6 Å². The minimum Gasteiger partial charge on any atom is -0.497 e. The number of hydrogen-bond acceptors (Lipinski definition) is 2. The standard InChI is InChI=1S/C15H14O3/c1-3-14(15(16)17)12-5-4-11-9-13(18-2)7-6-10(11)8-12/h3-9,14H,1H2,2H3,(H,16,17)/t14-/m1/s1. The molecular formula is C15H14O3. The Labute approximate surface area is 105 Å². The maximum atomic E-state index is 11.1. The molecule has 2 aromatic carbocycles. The molecule has 92 valence electrons. The fraction of sp³-hybridized carbons (Fsp3) is 0.133. The van der Waals surface area contributed by atoms with Gasteiger partial charge >= 0.3 is 5.97 Å². The zero-order valence-electron chi connectivity index (χ0n) is 10.1. The van der Waals surface area contributed by atoms with Crippen molar-refractivity contribution in [2.75, 3.05) is 7.11 Å². The van der Waals surface area contributed by atoms with Crippen molar-refractivity contribution in [3.8, 4) is 5.75 Å². The topological polar surface area (TPSA) is 46.5 Å². The van der Waals surface area contributed by atoms with Gasteiger partial charge in [0.15, 0.2) is 0 Å². The minimum atomic E-state index is -0.891. The van der Waals surface area contributed by atoms with Gasteiger partial charge in [0.05, 0.1) is 13.0 Å². The molecule has 18 heavy (non-hydrogen) atoms. The van der Waals surface area contributed by atoms with Crippen LogP contribution in [0.5, 0.6) is 5.75 Å². The molecule has 1 N–H and O–H groups in total. The molecule has 0 heterocycles. The van der Waals surface area contributed by atoms with E-state index in [2.05, 4.69) is 6.58 Å². The summed E-state index contributed by atoms with van der Waals surface area (Å²) in [5, 5.41) is 11.1. The number of carboxylic acid groups (broad SMARTS) is 1. The molecule has 0 aliphatic heterocycles. The molecule has 0 aliphatic rings. The summed E-state index contributed by atoms with van der Waals surface area (Å²) in [7, 11) is 1.62. The fourth-order valence-corrected chi connectivity index (χ4v) is 1.94. The van der Waals surface area contributed by atoms with E-state index in [4.69, 9.17) is 9.84 Å². The molecule has 2 rings (SSSR count). The van der Waals surface area contributed by atoms with Gasteiger partial charge < -0.3 is 9.84 Å². The molecule has 0 fully saturated rings. The Morgan fingerprint density at radius 2 is 1.94 bits per heavy atom. The van der Waals surface area contributed by atoms with Crippen molar-refractivity contribution in [2.45, 2.75) is 5.92 Å². The summed E-state index contributed by atoms with van der Waals surface area (Å²) >= 11 is 0. The second kappa shape index (κ2) is 4.92. The fourth-order valence-electron chi connectivity index (χ4n) is 1.94. The van der Waals surface area contributed by atoms with E-state index in [0.29, 0.717) is 0 Å². The molecule has 0 spiro atoms. The molecule has 2 aromatic rings. The minimum absolute atomic E-state index is 0.670. The molecule has 0 saturated heterocycles. The van der Waals surface area contributed by atoms with Crippen LogP contribution in [0.25, 0.3) is 10.8 Å². The first-order valence-electron chi connectivity index (χ1n) is 5.59. The van der Waals surface area contributed by atoms with Crippen molar-refractivity contribution in [3.63, 3.8) is 0 Å². The van der Waals surface area contributed by atoms with Gasteiger partial charge in [0.2, 0.25) is 0 Å². The van der Waals surface area contributed by atoms with E-state index in [1.54, 1.807) is 7.11 Å². The number of fused-ring (bicyclic) bond motifs is 1. The van der Waals surface area contributed by atoms with Crippen LogP contribution < -0.4 is 4.74 Å². The predicted molar refractivity (Wildman–Crippen MR) is 71.1 cm³/mol. The van der Waals surface area contributed by atoms with Gasteiger partial charge in [0, 0.05) is 0 Å². The van der Waals surface area contributed by atoms with Crippen LogP contribution in [-0.4, -0.2) is 18.2 Å². The highest BCUT2D eigenvalue weighted by atomic mass is 16.5. The monoisotopic (exact) mass is 242 g/mol. The van der Waals surface area contributed by atoms with Crippen LogP contribution in [0.4, 0.5) is 0 Å². The number of aliphatic carboxylic acids is 1. The lowest BCUT2D eigenvalue weighted by molar-refractivity contribution is -0.137. The summed E-state index contributed by atoms with van der Waals surface area (Å²) in [6.07, 6.45) is 1.44. The summed E-state index contributed by atoms with van der Waals surface area (Å²) in [5.74, 6) is -0.775. The molecule has 0 radical (unpaired) electrons. The molecule has 3 nitrogen and oxygen atoms in total. The average molecular weight is 242 g/mol. The Bertz CT molecular complexity index is 602. The third-order valence-electron chi connectivity index (χ3n) is 2.93. The highest BCUT2D eigenvalue weighted by Gasteiger charge is 2.15. The molecule has 0 amide bonds. The van der Waals surface area contributed by atoms with Crippen LogP contribution in [0.1, 0.15) is 11.5 Å². The van der Waals surface area contributed by atoms with Gasteiger partial charge in [-0.3, -0.25) is 4.79 Å². The lowest BCUT2D eigenvalue weighted by Gasteiger charge is -2.09.